The molecule has 2 aromatic rings. The van der Waals surface area contributed by atoms with E-state index in [1.165, 1.54) is 18.3 Å². The van der Waals surface area contributed by atoms with Crippen LogP contribution >= 0.6 is 35.4 Å². The molecule has 9 heteroatoms. The highest BCUT2D eigenvalue weighted by atomic mass is 35.5. The Labute approximate surface area is 147 Å². The Morgan fingerprint density at radius 2 is 1.83 bits per heavy atom. The predicted molar refractivity (Wildman–Crippen MR) is 94.8 cm³/mol. The van der Waals surface area contributed by atoms with Crippen molar-refractivity contribution in [3.8, 4) is 17.2 Å². The highest BCUT2D eigenvalue weighted by Crippen LogP contribution is 2.36. The second-order valence-corrected chi connectivity index (χ2v) is 5.57. The molecule has 0 aromatic heterocycles. The van der Waals surface area contributed by atoms with Crippen LogP contribution in [0, 0.1) is 0 Å². The largest absolute Gasteiger partial charge is 0.504 e. The molecule has 5 N–H and O–H groups in total. The van der Waals surface area contributed by atoms with Gasteiger partial charge in [0.1, 0.15) is 0 Å². The molecular formula is C14H11Cl2N3O3S. The van der Waals surface area contributed by atoms with E-state index < -0.39 is 17.2 Å². The Hall–Kier alpha value is -2.22. The second kappa shape index (κ2) is 7.36. The van der Waals surface area contributed by atoms with Gasteiger partial charge in [-0.25, -0.2) is 0 Å². The summed E-state index contributed by atoms with van der Waals surface area (Å²) in [5, 5.41) is 36.0. The molecule has 0 heterocycles. The van der Waals surface area contributed by atoms with Crippen molar-refractivity contribution in [2.24, 2.45) is 5.10 Å². The van der Waals surface area contributed by atoms with E-state index in [9.17, 15) is 15.3 Å². The van der Waals surface area contributed by atoms with Crippen molar-refractivity contribution in [2.75, 3.05) is 5.32 Å². The number of halogens is 2. The van der Waals surface area contributed by atoms with Crippen LogP contribution in [0.4, 0.5) is 5.69 Å². The molecule has 0 aliphatic carbocycles. The fraction of sp³-hybridized carbons (Fsp3) is 0. The molecule has 0 unspecified atom stereocenters. The lowest BCUT2D eigenvalue weighted by molar-refractivity contribution is 0.367. The molecule has 0 aliphatic rings. The van der Waals surface area contributed by atoms with Gasteiger partial charge >= 0.3 is 0 Å². The van der Waals surface area contributed by atoms with Gasteiger partial charge in [-0.2, -0.15) is 5.10 Å². The third-order valence-corrected chi connectivity index (χ3v) is 3.45. The maximum atomic E-state index is 9.63. The molecule has 0 atom stereocenters. The van der Waals surface area contributed by atoms with Crippen LogP contribution in [0.1, 0.15) is 5.56 Å². The molecule has 2 rings (SSSR count). The number of phenols is 3. The van der Waals surface area contributed by atoms with Crippen LogP contribution in [-0.2, 0) is 0 Å². The van der Waals surface area contributed by atoms with Crippen molar-refractivity contribution in [3.05, 3.63) is 45.9 Å². The summed E-state index contributed by atoms with van der Waals surface area (Å²) in [5.41, 5.74) is 3.27. The molecule has 0 radical (unpaired) electrons. The summed E-state index contributed by atoms with van der Waals surface area (Å²) in [4.78, 5) is 0. The van der Waals surface area contributed by atoms with Gasteiger partial charge in [0.15, 0.2) is 16.6 Å². The highest BCUT2D eigenvalue weighted by molar-refractivity contribution is 7.80. The third-order valence-electron chi connectivity index (χ3n) is 2.71. The molecular weight excluding hydrogens is 361 g/mol. The molecule has 120 valence electrons. The zero-order chi connectivity index (χ0) is 17.0. The Balaban J connectivity index is 2.00. The number of nitrogens with one attached hydrogen (secondary N) is 2. The average molecular weight is 372 g/mol. The number of nitrogens with zero attached hydrogens (tertiary/aromatic N) is 1. The second-order valence-electron chi connectivity index (χ2n) is 4.32. The van der Waals surface area contributed by atoms with E-state index in [-0.39, 0.29) is 10.7 Å². The van der Waals surface area contributed by atoms with Gasteiger partial charge in [-0.05, 0) is 42.5 Å². The van der Waals surface area contributed by atoms with E-state index in [4.69, 9.17) is 35.4 Å². The maximum Gasteiger partial charge on any atom is 0.200 e. The predicted octanol–water partition coefficient (Wildman–Crippen LogP) is 3.43. The lowest BCUT2D eigenvalue weighted by Crippen LogP contribution is -2.24. The number of phenolic OH excluding ortho intramolecular Hbond substituents is 3. The van der Waals surface area contributed by atoms with Crippen molar-refractivity contribution in [1.29, 1.82) is 0 Å². The minimum Gasteiger partial charge on any atom is -0.504 e. The molecule has 6 nitrogen and oxygen atoms in total. The quantitative estimate of drug-likeness (QED) is 0.245. The summed E-state index contributed by atoms with van der Waals surface area (Å²) in [6, 6.07) is 7.47. The number of thiocarbonyl (C=S) groups is 1. The van der Waals surface area contributed by atoms with Gasteiger partial charge in [0, 0.05) is 10.6 Å². The van der Waals surface area contributed by atoms with Crippen LogP contribution in [0.15, 0.2) is 35.4 Å². The van der Waals surface area contributed by atoms with Crippen molar-refractivity contribution < 1.29 is 15.3 Å². The molecule has 0 bridgehead atoms. The van der Waals surface area contributed by atoms with Gasteiger partial charge in [-0.3, -0.25) is 5.43 Å². The SMILES string of the molecule is Oc1ccc(C=NNC(=S)Nc2ccc(Cl)cc2Cl)c(O)c1O. The van der Waals surface area contributed by atoms with Crippen molar-refractivity contribution >= 4 is 52.4 Å². The summed E-state index contributed by atoms with van der Waals surface area (Å²) in [5.74, 6) is -1.54. The van der Waals surface area contributed by atoms with Crippen LogP contribution in [0.5, 0.6) is 17.2 Å². The summed E-state index contributed by atoms with van der Waals surface area (Å²) in [6.07, 6.45) is 1.23. The maximum absolute atomic E-state index is 9.63. The number of anilines is 1. The lowest BCUT2D eigenvalue weighted by atomic mass is 10.2. The zero-order valence-corrected chi connectivity index (χ0v) is 13.7. The average Bonchev–Trinajstić information content (AvgIpc) is 2.50. The first kappa shape index (κ1) is 17.1. The minimum atomic E-state index is -0.623. The van der Waals surface area contributed by atoms with Gasteiger partial charge in [-0.1, -0.05) is 23.2 Å². The third kappa shape index (κ3) is 4.38. The standard InChI is InChI=1S/C14H11Cl2N3O3S/c15-8-2-3-10(9(16)5-8)18-14(23)19-17-6-7-1-4-11(20)13(22)12(7)21/h1-6,20-22H,(H2,18,19,23). The number of aromatic hydroxyl groups is 3. The fourth-order valence-electron chi connectivity index (χ4n) is 1.59. The highest BCUT2D eigenvalue weighted by Gasteiger charge is 2.09. The molecule has 0 fully saturated rings. The Kier molecular flexibility index (Phi) is 5.49. The molecule has 0 saturated heterocycles. The monoisotopic (exact) mass is 371 g/mol. The summed E-state index contributed by atoms with van der Waals surface area (Å²) in [6.45, 7) is 0. The van der Waals surface area contributed by atoms with Crippen molar-refractivity contribution in [2.45, 2.75) is 0 Å². The number of hydrogen-bond acceptors (Lipinski definition) is 5. The first-order valence-electron chi connectivity index (χ1n) is 6.17. The van der Waals surface area contributed by atoms with Crippen molar-refractivity contribution in [1.82, 2.24) is 5.43 Å². The van der Waals surface area contributed by atoms with Gasteiger partial charge in [0.05, 0.1) is 16.9 Å². The van der Waals surface area contributed by atoms with E-state index >= 15 is 0 Å². The molecule has 0 aliphatic heterocycles. The van der Waals surface area contributed by atoms with Crippen LogP contribution in [0.2, 0.25) is 10.0 Å². The Morgan fingerprint density at radius 3 is 2.52 bits per heavy atom. The Bertz CT molecular complexity index is 784. The number of rotatable bonds is 3. The van der Waals surface area contributed by atoms with E-state index in [1.807, 2.05) is 0 Å². The van der Waals surface area contributed by atoms with Crippen LogP contribution in [-0.4, -0.2) is 26.6 Å². The van der Waals surface area contributed by atoms with E-state index in [0.29, 0.717) is 15.7 Å². The van der Waals surface area contributed by atoms with E-state index in [2.05, 4.69) is 15.8 Å². The molecule has 0 saturated carbocycles. The fourth-order valence-corrected chi connectivity index (χ4v) is 2.21. The van der Waals surface area contributed by atoms with Gasteiger partial charge in [0.2, 0.25) is 5.75 Å². The van der Waals surface area contributed by atoms with Gasteiger partial charge < -0.3 is 20.6 Å². The van der Waals surface area contributed by atoms with Gasteiger partial charge in [0.25, 0.3) is 0 Å². The van der Waals surface area contributed by atoms with Crippen molar-refractivity contribution in [3.63, 3.8) is 0 Å². The summed E-state index contributed by atoms with van der Waals surface area (Å²) < 4.78 is 0. The first-order chi connectivity index (χ1) is 10.9. The molecule has 2 aromatic carbocycles. The minimum absolute atomic E-state index is 0.160. The van der Waals surface area contributed by atoms with Crippen LogP contribution in [0.25, 0.3) is 0 Å². The van der Waals surface area contributed by atoms with E-state index in [1.54, 1.807) is 18.2 Å². The summed E-state index contributed by atoms with van der Waals surface area (Å²) >= 11 is 16.8. The first-order valence-corrected chi connectivity index (χ1v) is 7.34. The number of hydrogen-bond donors (Lipinski definition) is 5. The number of benzene rings is 2. The normalized spacial score (nSPS) is 10.7. The molecule has 0 amide bonds. The molecule has 0 spiro atoms. The zero-order valence-electron chi connectivity index (χ0n) is 11.4. The smallest absolute Gasteiger partial charge is 0.200 e. The van der Waals surface area contributed by atoms with Gasteiger partial charge in [-0.15, -0.1) is 0 Å². The van der Waals surface area contributed by atoms with E-state index in [0.717, 1.165) is 0 Å². The number of hydrazone groups is 1. The lowest BCUT2D eigenvalue weighted by Gasteiger charge is -2.09. The molecule has 23 heavy (non-hydrogen) atoms. The summed E-state index contributed by atoms with van der Waals surface area (Å²) in [7, 11) is 0. The Morgan fingerprint density at radius 1 is 1.09 bits per heavy atom. The van der Waals surface area contributed by atoms with Crippen LogP contribution < -0.4 is 10.7 Å². The van der Waals surface area contributed by atoms with Crippen LogP contribution in [0.3, 0.4) is 0 Å². The topological polar surface area (TPSA) is 97.1 Å².